The molecule has 5 rings (SSSR count). The molecule has 0 radical (unpaired) electrons. The summed E-state index contributed by atoms with van der Waals surface area (Å²) in [7, 11) is 0. The third-order valence-electron chi connectivity index (χ3n) is 6.39. The van der Waals surface area contributed by atoms with E-state index in [9.17, 15) is 14.4 Å². The predicted octanol–water partition coefficient (Wildman–Crippen LogP) is 3.55. The first-order valence-electron chi connectivity index (χ1n) is 10.1. The van der Waals surface area contributed by atoms with Crippen LogP contribution >= 0.6 is 0 Å². The molecule has 0 spiro atoms. The molecule has 1 saturated heterocycles. The van der Waals surface area contributed by atoms with Gasteiger partial charge in [-0.15, -0.1) is 0 Å². The molecule has 3 amide bonds. The van der Waals surface area contributed by atoms with Gasteiger partial charge in [0.2, 0.25) is 17.7 Å². The fourth-order valence-corrected chi connectivity index (χ4v) is 5.09. The summed E-state index contributed by atoms with van der Waals surface area (Å²) in [4.78, 5) is 41.9. The van der Waals surface area contributed by atoms with Gasteiger partial charge in [-0.25, -0.2) is 0 Å². The molecule has 0 N–H and O–H groups in total. The number of nitrogens with zero attached hydrogens (tertiary/aromatic N) is 2. The molecule has 1 heterocycles. The molecule has 4 atom stereocenters. The molecule has 2 aromatic carbocycles. The van der Waals surface area contributed by atoms with Crippen molar-refractivity contribution >= 4 is 29.1 Å². The Morgan fingerprint density at radius 2 is 1.31 bits per heavy atom. The Kier molecular flexibility index (Phi) is 4.31. The van der Waals surface area contributed by atoms with Crippen molar-refractivity contribution in [3.8, 4) is 0 Å². The number of amides is 3. The van der Waals surface area contributed by atoms with Gasteiger partial charge in [0.05, 0.1) is 11.8 Å². The van der Waals surface area contributed by atoms with Crippen LogP contribution in [0, 0.1) is 23.7 Å². The highest BCUT2D eigenvalue weighted by Gasteiger charge is 2.59. The molecule has 0 unspecified atom stereocenters. The zero-order chi connectivity index (χ0) is 20.0. The molecule has 0 aromatic heterocycles. The topological polar surface area (TPSA) is 57.7 Å². The second-order valence-corrected chi connectivity index (χ2v) is 7.98. The van der Waals surface area contributed by atoms with Crippen LogP contribution in [0.3, 0.4) is 0 Å². The maximum absolute atomic E-state index is 13.2. The first-order valence-corrected chi connectivity index (χ1v) is 10.1. The van der Waals surface area contributed by atoms with E-state index in [1.165, 1.54) is 4.90 Å². The Balaban J connectivity index is 1.34. The number of hydrogen-bond acceptors (Lipinski definition) is 3. The van der Waals surface area contributed by atoms with E-state index in [1.807, 2.05) is 60.7 Å². The van der Waals surface area contributed by atoms with Crippen molar-refractivity contribution < 1.29 is 14.4 Å². The van der Waals surface area contributed by atoms with E-state index < -0.39 is 0 Å². The van der Waals surface area contributed by atoms with Crippen LogP contribution in [0.15, 0.2) is 72.8 Å². The van der Waals surface area contributed by atoms with Gasteiger partial charge in [0, 0.05) is 24.3 Å². The molecular weight excluding hydrogens is 364 g/mol. The summed E-state index contributed by atoms with van der Waals surface area (Å²) < 4.78 is 0. The average molecular weight is 386 g/mol. The van der Waals surface area contributed by atoms with Crippen LogP contribution in [-0.4, -0.2) is 29.2 Å². The monoisotopic (exact) mass is 386 g/mol. The van der Waals surface area contributed by atoms with Crippen molar-refractivity contribution in [3.63, 3.8) is 0 Å². The number of imide groups is 1. The van der Waals surface area contributed by atoms with Gasteiger partial charge in [-0.1, -0.05) is 48.6 Å². The number of allylic oxidation sites excluding steroid dienone is 2. The number of benzene rings is 2. The molecule has 5 heteroatoms. The van der Waals surface area contributed by atoms with E-state index in [4.69, 9.17) is 0 Å². The Morgan fingerprint density at radius 1 is 0.828 bits per heavy atom. The lowest BCUT2D eigenvalue weighted by Gasteiger charge is -2.24. The summed E-state index contributed by atoms with van der Waals surface area (Å²) in [6, 6.07) is 18.9. The van der Waals surface area contributed by atoms with Crippen LogP contribution in [0.2, 0.25) is 0 Å². The molecule has 1 aliphatic heterocycles. The van der Waals surface area contributed by atoms with Gasteiger partial charge in [-0.05, 0) is 42.5 Å². The standard InChI is InChI=1S/C24H22N2O3/c27-20(26(18-7-3-1-4-8-18)19-9-5-2-6-10-19)13-14-25-23(28)21-16-11-12-17(15-16)22(21)24(25)29/h1-12,16-17,21-22H,13-15H2/t16-,17+,21-,22-/m0/s1. The van der Waals surface area contributed by atoms with Crippen molar-refractivity contribution in [1.29, 1.82) is 0 Å². The third kappa shape index (κ3) is 2.89. The molecule has 2 bridgehead atoms. The van der Waals surface area contributed by atoms with Gasteiger partial charge in [0.25, 0.3) is 0 Å². The Hall–Kier alpha value is -3.21. The van der Waals surface area contributed by atoms with Crippen LogP contribution in [-0.2, 0) is 14.4 Å². The van der Waals surface area contributed by atoms with Crippen LogP contribution in [0.5, 0.6) is 0 Å². The van der Waals surface area contributed by atoms with Gasteiger partial charge in [-0.2, -0.15) is 0 Å². The number of rotatable bonds is 5. The molecular formula is C24H22N2O3. The van der Waals surface area contributed by atoms with Crippen LogP contribution in [0.25, 0.3) is 0 Å². The zero-order valence-corrected chi connectivity index (χ0v) is 16.0. The first kappa shape index (κ1) is 17.9. The highest BCUT2D eigenvalue weighted by Crippen LogP contribution is 2.52. The Labute approximate surface area is 169 Å². The number of carbonyl (C=O) groups excluding carboxylic acids is 3. The summed E-state index contributed by atoms with van der Waals surface area (Å²) in [5.74, 6) is -0.397. The summed E-state index contributed by atoms with van der Waals surface area (Å²) in [6.45, 7) is 0.138. The largest absolute Gasteiger partial charge is 0.282 e. The van der Waals surface area contributed by atoms with Gasteiger partial charge < -0.3 is 0 Å². The predicted molar refractivity (Wildman–Crippen MR) is 109 cm³/mol. The average Bonchev–Trinajstić information content (AvgIpc) is 3.43. The second kappa shape index (κ2) is 6.99. The van der Waals surface area contributed by atoms with Crippen LogP contribution in [0.4, 0.5) is 11.4 Å². The molecule has 1 saturated carbocycles. The fraction of sp³-hybridized carbons (Fsp3) is 0.292. The smallest absolute Gasteiger partial charge is 0.233 e. The van der Waals surface area contributed by atoms with Crippen molar-refractivity contribution in [3.05, 3.63) is 72.8 Å². The van der Waals surface area contributed by atoms with Crippen molar-refractivity contribution in [2.75, 3.05) is 11.4 Å². The second-order valence-electron chi connectivity index (χ2n) is 7.98. The quantitative estimate of drug-likeness (QED) is 0.583. The van der Waals surface area contributed by atoms with E-state index in [-0.39, 0.29) is 54.4 Å². The minimum atomic E-state index is -0.216. The number of fused-ring (bicyclic) bond motifs is 5. The van der Waals surface area contributed by atoms with Crippen molar-refractivity contribution in [1.82, 2.24) is 4.90 Å². The number of anilines is 2. The van der Waals surface area contributed by atoms with Crippen LogP contribution < -0.4 is 4.90 Å². The maximum atomic E-state index is 13.2. The van der Waals surface area contributed by atoms with E-state index in [1.54, 1.807) is 4.90 Å². The molecule has 2 aromatic rings. The van der Waals surface area contributed by atoms with Crippen LogP contribution in [0.1, 0.15) is 12.8 Å². The van der Waals surface area contributed by atoms with Gasteiger partial charge in [0.1, 0.15) is 0 Å². The minimum absolute atomic E-state index is 0.101. The van der Waals surface area contributed by atoms with Crippen molar-refractivity contribution in [2.24, 2.45) is 23.7 Å². The zero-order valence-electron chi connectivity index (χ0n) is 16.0. The molecule has 2 aliphatic carbocycles. The van der Waals surface area contributed by atoms with Gasteiger partial charge in [-0.3, -0.25) is 24.2 Å². The lowest BCUT2D eigenvalue weighted by atomic mass is 9.85. The van der Waals surface area contributed by atoms with Gasteiger partial charge >= 0.3 is 0 Å². The highest BCUT2D eigenvalue weighted by atomic mass is 16.2. The Morgan fingerprint density at radius 3 is 1.79 bits per heavy atom. The van der Waals surface area contributed by atoms with E-state index >= 15 is 0 Å². The van der Waals surface area contributed by atoms with E-state index in [0.717, 1.165) is 17.8 Å². The molecule has 3 aliphatic rings. The first-order chi connectivity index (χ1) is 14.1. The summed E-state index contributed by atoms with van der Waals surface area (Å²) in [5, 5.41) is 0. The SMILES string of the molecule is O=C1[C@@H]2[C@@H](C(=O)N1CCC(=O)N(c1ccccc1)c1ccccc1)[C@H]1C=C[C@@H]2C1. The molecule has 2 fully saturated rings. The summed E-state index contributed by atoms with van der Waals surface area (Å²) >= 11 is 0. The third-order valence-corrected chi connectivity index (χ3v) is 6.39. The number of hydrogen-bond donors (Lipinski definition) is 0. The fourth-order valence-electron chi connectivity index (χ4n) is 5.09. The molecule has 29 heavy (non-hydrogen) atoms. The normalized spacial score (nSPS) is 26.8. The summed E-state index contributed by atoms with van der Waals surface area (Å²) in [6.07, 6.45) is 5.18. The highest BCUT2D eigenvalue weighted by molar-refractivity contribution is 6.07. The lowest BCUT2D eigenvalue weighted by molar-refractivity contribution is -0.140. The van der Waals surface area contributed by atoms with E-state index in [2.05, 4.69) is 12.2 Å². The lowest BCUT2D eigenvalue weighted by Crippen LogP contribution is -2.37. The number of carbonyl (C=O) groups is 3. The Bertz CT molecular complexity index is 916. The maximum Gasteiger partial charge on any atom is 0.233 e. The number of para-hydroxylation sites is 2. The minimum Gasteiger partial charge on any atom is -0.282 e. The molecule has 5 nitrogen and oxygen atoms in total. The summed E-state index contributed by atoms with van der Waals surface area (Å²) in [5.41, 5.74) is 1.53. The van der Waals surface area contributed by atoms with E-state index in [0.29, 0.717) is 0 Å². The van der Waals surface area contributed by atoms with Crippen molar-refractivity contribution in [2.45, 2.75) is 12.8 Å². The number of likely N-dealkylation sites (tertiary alicyclic amines) is 1. The molecule has 146 valence electrons. The van der Waals surface area contributed by atoms with Gasteiger partial charge in [0.15, 0.2) is 0 Å².